The Morgan fingerprint density at radius 3 is 2.57 bits per heavy atom. The van der Waals surface area contributed by atoms with Crippen LogP contribution in [0.15, 0.2) is 28.7 Å². The number of hydrogen-bond donors (Lipinski definition) is 0. The zero-order valence-corrected chi connectivity index (χ0v) is 9.93. The van der Waals surface area contributed by atoms with Gasteiger partial charge in [0.2, 0.25) is 0 Å². The molecule has 72 valence electrons. The van der Waals surface area contributed by atoms with Gasteiger partial charge in [-0.05, 0) is 30.8 Å². The van der Waals surface area contributed by atoms with E-state index >= 15 is 0 Å². The Bertz CT molecular complexity index is 369. The Kier molecular flexibility index (Phi) is 4.18. The largest absolute Gasteiger partial charge is 0.293 e. The van der Waals surface area contributed by atoms with Crippen molar-refractivity contribution in [3.05, 3.63) is 34.3 Å². The number of benzene rings is 1. The number of halogens is 1. The number of carbonyl (C=O) groups excluding carboxylic acids is 1. The molecule has 0 aromatic heterocycles. The van der Waals surface area contributed by atoms with Gasteiger partial charge in [-0.15, -0.1) is 0 Å². The highest BCUT2D eigenvalue weighted by Crippen LogP contribution is 2.17. The number of thiocyanates is 1. The maximum Gasteiger partial charge on any atom is 0.176 e. The van der Waals surface area contributed by atoms with Crippen LogP contribution in [0.2, 0.25) is 0 Å². The smallest absolute Gasteiger partial charge is 0.176 e. The van der Waals surface area contributed by atoms with E-state index in [0.29, 0.717) is 5.56 Å². The van der Waals surface area contributed by atoms with Gasteiger partial charge in [0, 0.05) is 10.0 Å². The number of ketones is 1. The topological polar surface area (TPSA) is 40.9 Å². The van der Waals surface area contributed by atoms with E-state index in [1.165, 1.54) is 0 Å². The molecule has 14 heavy (non-hydrogen) atoms. The first-order valence-electron chi connectivity index (χ1n) is 3.99. The molecule has 0 aliphatic heterocycles. The minimum atomic E-state index is -0.304. The number of Topliss-reactive ketones (excluding diaryl/α,β-unsaturated/α-hetero) is 1. The molecule has 0 aliphatic rings. The summed E-state index contributed by atoms with van der Waals surface area (Å²) in [6.07, 6.45) is 0. The minimum Gasteiger partial charge on any atom is -0.293 e. The Morgan fingerprint density at radius 2 is 2.07 bits per heavy atom. The third-order valence-corrected chi connectivity index (χ3v) is 2.93. The molecule has 1 rings (SSSR count). The first-order chi connectivity index (χ1) is 6.65. The molecule has 0 saturated carbocycles. The zero-order chi connectivity index (χ0) is 10.6. The minimum absolute atomic E-state index is 0.0101. The quantitative estimate of drug-likeness (QED) is 0.625. The van der Waals surface area contributed by atoms with Crippen LogP contribution in [0.5, 0.6) is 0 Å². The van der Waals surface area contributed by atoms with Crippen molar-refractivity contribution in [2.75, 3.05) is 0 Å². The average molecular weight is 270 g/mol. The number of nitrogens with zero attached hydrogens (tertiary/aromatic N) is 1. The van der Waals surface area contributed by atoms with Gasteiger partial charge in [0.15, 0.2) is 5.78 Å². The van der Waals surface area contributed by atoms with Crippen molar-refractivity contribution in [3.8, 4) is 5.40 Å². The van der Waals surface area contributed by atoms with Crippen molar-refractivity contribution < 1.29 is 4.79 Å². The van der Waals surface area contributed by atoms with Crippen molar-refractivity contribution in [1.82, 2.24) is 0 Å². The molecular weight excluding hydrogens is 262 g/mol. The Hall–Kier alpha value is -0.790. The molecule has 0 saturated heterocycles. The molecule has 1 aromatic carbocycles. The van der Waals surface area contributed by atoms with Crippen LogP contribution in [0.25, 0.3) is 0 Å². The lowest BCUT2D eigenvalue weighted by Crippen LogP contribution is -2.12. The van der Waals surface area contributed by atoms with Crippen LogP contribution in [0.4, 0.5) is 0 Å². The molecule has 2 nitrogen and oxygen atoms in total. The van der Waals surface area contributed by atoms with E-state index in [1.54, 1.807) is 19.1 Å². The highest BCUT2D eigenvalue weighted by molar-refractivity contribution is 9.10. The molecule has 0 fully saturated rings. The summed E-state index contributed by atoms with van der Waals surface area (Å²) in [7, 11) is 0. The predicted octanol–water partition coefficient (Wildman–Crippen LogP) is 3.23. The molecule has 1 unspecified atom stereocenters. The molecule has 0 aliphatic carbocycles. The van der Waals surface area contributed by atoms with Gasteiger partial charge < -0.3 is 0 Å². The van der Waals surface area contributed by atoms with Crippen LogP contribution in [-0.2, 0) is 0 Å². The fourth-order valence-corrected chi connectivity index (χ4v) is 1.65. The summed E-state index contributed by atoms with van der Waals surface area (Å²) in [6, 6.07) is 7.13. The van der Waals surface area contributed by atoms with Crippen LogP contribution in [0, 0.1) is 10.7 Å². The summed E-state index contributed by atoms with van der Waals surface area (Å²) in [6.45, 7) is 1.73. The van der Waals surface area contributed by atoms with Gasteiger partial charge in [-0.3, -0.25) is 4.79 Å². The van der Waals surface area contributed by atoms with E-state index in [0.717, 1.165) is 16.2 Å². The Balaban J connectivity index is 2.80. The van der Waals surface area contributed by atoms with Gasteiger partial charge in [0.1, 0.15) is 5.40 Å². The summed E-state index contributed by atoms with van der Waals surface area (Å²) in [4.78, 5) is 11.7. The van der Waals surface area contributed by atoms with Crippen molar-refractivity contribution in [2.45, 2.75) is 12.2 Å². The molecule has 0 heterocycles. The summed E-state index contributed by atoms with van der Waals surface area (Å²) in [5.41, 5.74) is 0.642. The number of thioether (sulfide) groups is 1. The van der Waals surface area contributed by atoms with E-state index in [1.807, 2.05) is 17.5 Å². The zero-order valence-electron chi connectivity index (χ0n) is 7.53. The second-order valence-corrected chi connectivity index (χ2v) is 4.76. The maximum atomic E-state index is 11.7. The average Bonchev–Trinajstić information content (AvgIpc) is 2.18. The van der Waals surface area contributed by atoms with Gasteiger partial charge in [0.05, 0.1) is 5.25 Å². The van der Waals surface area contributed by atoms with Gasteiger partial charge in [0.25, 0.3) is 0 Å². The molecule has 0 spiro atoms. The first-order valence-corrected chi connectivity index (χ1v) is 5.67. The Morgan fingerprint density at radius 1 is 1.50 bits per heavy atom. The molecule has 1 aromatic rings. The van der Waals surface area contributed by atoms with E-state index < -0.39 is 0 Å². The van der Waals surface area contributed by atoms with Crippen LogP contribution in [0.3, 0.4) is 0 Å². The Labute approximate surface area is 95.4 Å². The number of nitriles is 1. The third-order valence-electron chi connectivity index (χ3n) is 1.73. The lowest BCUT2D eigenvalue weighted by Gasteiger charge is -2.04. The predicted molar refractivity (Wildman–Crippen MR) is 61.1 cm³/mol. The van der Waals surface area contributed by atoms with E-state index in [-0.39, 0.29) is 11.0 Å². The summed E-state index contributed by atoms with van der Waals surface area (Å²) in [5, 5.41) is 10.0. The fourth-order valence-electron chi connectivity index (χ4n) is 0.981. The van der Waals surface area contributed by atoms with Crippen LogP contribution < -0.4 is 0 Å². The molecule has 0 radical (unpaired) electrons. The molecule has 4 heteroatoms. The molecule has 0 bridgehead atoms. The summed E-state index contributed by atoms with van der Waals surface area (Å²) >= 11 is 4.28. The number of carbonyl (C=O) groups is 1. The second kappa shape index (κ2) is 5.18. The highest BCUT2D eigenvalue weighted by Gasteiger charge is 2.14. The van der Waals surface area contributed by atoms with Crippen LogP contribution in [0.1, 0.15) is 17.3 Å². The number of hydrogen-bond acceptors (Lipinski definition) is 3. The molecular formula is C10H8BrNOS. The summed E-state index contributed by atoms with van der Waals surface area (Å²) in [5.74, 6) is -0.0101. The van der Waals surface area contributed by atoms with E-state index in [2.05, 4.69) is 15.9 Å². The van der Waals surface area contributed by atoms with Gasteiger partial charge in [-0.2, -0.15) is 5.26 Å². The normalized spacial score (nSPS) is 11.8. The van der Waals surface area contributed by atoms with Crippen molar-refractivity contribution in [3.63, 3.8) is 0 Å². The van der Waals surface area contributed by atoms with Crippen LogP contribution >= 0.6 is 27.7 Å². The molecule has 0 amide bonds. The van der Waals surface area contributed by atoms with Crippen molar-refractivity contribution >= 4 is 33.5 Å². The summed E-state index contributed by atoms with van der Waals surface area (Å²) < 4.78 is 0.939. The SMILES string of the molecule is CC(SC#N)C(=O)c1ccc(Br)cc1. The van der Waals surface area contributed by atoms with Crippen LogP contribution in [-0.4, -0.2) is 11.0 Å². The maximum absolute atomic E-state index is 11.7. The van der Waals surface area contributed by atoms with Gasteiger partial charge in [-0.25, -0.2) is 0 Å². The monoisotopic (exact) mass is 269 g/mol. The lowest BCUT2D eigenvalue weighted by molar-refractivity contribution is 0.0994. The van der Waals surface area contributed by atoms with Gasteiger partial charge >= 0.3 is 0 Å². The highest BCUT2D eigenvalue weighted by atomic mass is 79.9. The van der Waals surface area contributed by atoms with Crippen molar-refractivity contribution in [1.29, 1.82) is 5.26 Å². The first kappa shape index (κ1) is 11.3. The second-order valence-electron chi connectivity index (χ2n) is 2.72. The third kappa shape index (κ3) is 2.86. The van der Waals surface area contributed by atoms with Crippen molar-refractivity contribution in [2.24, 2.45) is 0 Å². The fraction of sp³-hybridized carbons (Fsp3) is 0.200. The number of rotatable bonds is 3. The standard InChI is InChI=1S/C10H8BrNOS/c1-7(14-6-12)10(13)8-2-4-9(11)5-3-8/h2-5,7H,1H3. The lowest BCUT2D eigenvalue weighted by atomic mass is 10.1. The van der Waals surface area contributed by atoms with Gasteiger partial charge in [-0.1, -0.05) is 28.1 Å². The molecule has 1 atom stereocenters. The van der Waals surface area contributed by atoms with E-state index in [9.17, 15) is 4.79 Å². The van der Waals surface area contributed by atoms with E-state index in [4.69, 9.17) is 5.26 Å². The molecule has 0 N–H and O–H groups in total.